The fraction of sp³-hybridized carbons (Fsp3) is 0.227. The van der Waals surface area contributed by atoms with Crippen LogP contribution in [0.4, 0.5) is 15.8 Å². The fourth-order valence-electron chi connectivity index (χ4n) is 3.60. The molecular formula is C22H20FN3O2. The lowest BCUT2D eigenvalue weighted by atomic mass is 10.1. The van der Waals surface area contributed by atoms with Crippen molar-refractivity contribution in [2.75, 3.05) is 16.8 Å². The van der Waals surface area contributed by atoms with Crippen LogP contribution in [0.3, 0.4) is 0 Å². The summed E-state index contributed by atoms with van der Waals surface area (Å²) in [6, 6.07) is 12.2. The Morgan fingerprint density at radius 2 is 2.04 bits per heavy atom. The van der Waals surface area contributed by atoms with Crippen molar-refractivity contribution in [3.05, 3.63) is 65.6 Å². The highest BCUT2D eigenvalue weighted by molar-refractivity contribution is 6.06. The summed E-state index contributed by atoms with van der Waals surface area (Å²) < 4.78 is 14.3. The predicted molar refractivity (Wildman–Crippen MR) is 107 cm³/mol. The number of carbonyl (C=O) groups is 2. The van der Waals surface area contributed by atoms with Gasteiger partial charge in [0.15, 0.2) is 0 Å². The second kappa shape index (κ2) is 7.03. The number of halogens is 1. The number of aryl methyl sites for hydroxylation is 2. The fourth-order valence-corrected chi connectivity index (χ4v) is 3.60. The molecule has 1 aliphatic rings. The average molecular weight is 377 g/mol. The molecule has 5 nitrogen and oxygen atoms in total. The van der Waals surface area contributed by atoms with Gasteiger partial charge in [0.2, 0.25) is 11.8 Å². The van der Waals surface area contributed by atoms with Crippen LogP contribution in [-0.4, -0.2) is 23.3 Å². The van der Waals surface area contributed by atoms with Gasteiger partial charge in [-0.2, -0.15) is 0 Å². The van der Waals surface area contributed by atoms with Gasteiger partial charge in [-0.05, 0) is 55.3 Å². The number of rotatable bonds is 3. The van der Waals surface area contributed by atoms with Gasteiger partial charge in [-0.1, -0.05) is 12.1 Å². The van der Waals surface area contributed by atoms with Crippen molar-refractivity contribution < 1.29 is 14.0 Å². The average Bonchev–Trinajstić information content (AvgIpc) is 3.06. The van der Waals surface area contributed by atoms with Gasteiger partial charge >= 0.3 is 0 Å². The van der Waals surface area contributed by atoms with Crippen molar-refractivity contribution in [1.82, 2.24) is 4.98 Å². The first-order chi connectivity index (χ1) is 13.4. The summed E-state index contributed by atoms with van der Waals surface area (Å²) in [7, 11) is 0. The minimum atomic E-state index is -0.541. The molecule has 1 N–H and O–H groups in total. The molecule has 2 aromatic carbocycles. The molecule has 0 radical (unpaired) electrons. The third-order valence-electron chi connectivity index (χ3n) is 5.12. The molecule has 0 bridgehead atoms. The first-order valence-corrected chi connectivity index (χ1v) is 9.16. The number of amides is 2. The van der Waals surface area contributed by atoms with Crippen LogP contribution in [0, 0.1) is 25.6 Å². The summed E-state index contributed by atoms with van der Waals surface area (Å²) in [4.78, 5) is 30.9. The maximum absolute atomic E-state index is 14.3. The Kier molecular flexibility index (Phi) is 4.55. The summed E-state index contributed by atoms with van der Waals surface area (Å²) in [6.07, 6.45) is 1.77. The van der Waals surface area contributed by atoms with E-state index in [-0.39, 0.29) is 30.5 Å². The number of fused-ring (bicyclic) bond motifs is 1. The van der Waals surface area contributed by atoms with Crippen LogP contribution in [0.2, 0.25) is 0 Å². The number of hydrogen-bond acceptors (Lipinski definition) is 3. The zero-order chi connectivity index (χ0) is 19.8. The number of benzene rings is 2. The van der Waals surface area contributed by atoms with Gasteiger partial charge in [-0.15, -0.1) is 0 Å². The number of anilines is 2. The normalized spacial score (nSPS) is 16.6. The second-order valence-corrected chi connectivity index (χ2v) is 7.18. The van der Waals surface area contributed by atoms with Crippen LogP contribution in [0.1, 0.15) is 17.5 Å². The molecule has 28 heavy (non-hydrogen) atoms. The van der Waals surface area contributed by atoms with Crippen molar-refractivity contribution in [2.24, 2.45) is 5.92 Å². The van der Waals surface area contributed by atoms with Crippen LogP contribution in [0.25, 0.3) is 10.9 Å². The topological polar surface area (TPSA) is 62.3 Å². The summed E-state index contributed by atoms with van der Waals surface area (Å²) in [6.45, 7) is 3.91. The zero-order valence-electron chi connectivity index (χ0n) is 15.7. The van der Waals surface area contributed by atoms with E-state index < -0.39 is 11.7 Å². The summed E-state index contributed by atoms with van der Waals surface area (Å²) in [5, 5.41) is 3.77. The Morgan fingerprint density at radius 1 is 1.21 bits per heavy atom. The van der Waals surface area contributed by atoms with E-state index in [2.05, 4.69) is 10.3 Å². The van der Waals surface area contributed by atoms with E-state index in [1.54, 1.807) is 25.3 Å². The van der Waals surface area contributed by atoms with Crippen LogP contribution in [-0.2, 0) is 9.59 Å². The monoisotopic (exact) mass is 377 g/mol. The lowest BCUT2D eigenvalue weighted by molar-refractivity contribution is -0.122. The van der Waals surface area contributed by atoms with Gasteiger partial charge < -0.3 is 10.2 Å². The minimum Gasteiger partial charge on any atom is -0.325 e. The molecule has 1 unspecified atom stereocenters. The van der Waals surface area contributed by atoms with Crippen molar-refractivity contribution in [3.8, 4) is 0 Å². The Bertz CT molecular complexity index is 1100. The smallest absolute Gasteiger partial charge is 0.229 e. The molecule has 4 rings (SSSR count). The number of nitrogens with one attached hydrogen (secondary N) is 1. The number of carbonyl (C=O) groups excluding carboxylic acids is 2. The van der Waals surface area contributed by atoms with E-state index in [0.29, 0.717) is 5.69 Å². The molecular weight excluding hydrogens is 357 g/mol. The Morgan fingerprint density at radius 3 is 2.82 bits per heavy atom. The third-order valence-corrected chi connectivity index (χ3v) is 5.12. The summed E-state index contributed by atoms with van der Waals surface area (Å²) in [5.41, 5.74) is 3.50. The van der Waals surface area contributed by atoms with E-state index in [0.717, 1.165) is 22.0 Å². The van der Waals surface area contributed by atoms with E-state index in [4.69, 9.17) is 0 Å². The Balaban J connectivity index is 1.55. The highest BCUT2D eigenvalue weighted by Gasteiger charge is 2.36. The number of aromatic nitrogens is 1. The van der Waals surface area contributed by atoms with Gasteiger partial charge in [0.1, 0.15) is 5.82 Å². The molecule has 2 heterocycles. The van der Waals surface area contributed by atoms with Crippen LogP contribution in [0.5, 0.6) is 0 Å². The first kappa shape index (κ1) is 18.1. The van der Waals surface area contributed by atoms with E-state index >= 15 is 0 Å². The minimum absolute atomic E-state index is 0.0567. The maximum atomic E-state index is 14.3. The maximum Gasteiger partial charge on any atom is 0.229 e. The van der Waals surface area contributed by atoms with Crippen LogP contribution in [0.15, 0.2) is 48.7 Å². The van der Waals surface area contributed by atoms with Crippen molar-refractivity contribution in [3.63, 3.8) is 0 Å². The van der Waals surface area contributed by atoms with Crippen LogP contribution >= 0.6 is 0 Å². The van der Waals surface area contributed by atoms with Crippen molar-refractivity contribution in [1.29, 1.82) is 0 Å². The highest BCUT2D eigenvalue weighted by atomic mass is 19.1. The molecule has 2 amide bonds. The van der Waals surface area contributed by atoms with E-state index in [9.17, 15) is 14.0 Å². The molecule has 3 aromatic rings. The molecule has 1 atom stereocenters. The van der Waals surface area contributed by atoms with Crippen LogP contribution < -0.4 is 10.2 Å². The van der Waals surface area contributed by atoms with Crippen molar-refractivity contribution >= 4 is 34.1 Å². The zero-order valence-corrected chi connectivity index (χ0v) is 15.7. The molecule has 1 fully saturated rings. The number of hydrogen-bond donors (Lipinski definition) is 1. The standard InChI is InChI=1S/C22H20FN3O2/c1-13-5-8-19(17(23)10-13)26-12-15(11-20(26)27)22(28)25-18-7-6-14(2)21-16(18)4-3-9-24-21/h3-10,15H,11-12H2,1-2H3,(H,25,28). The van der Waals surface area contributed by atoms with Gasteiger partial charge in [-0.25, -0.2) is 4.39 Å². The number of nitrogens with zero attached hydrogens (tertiary/aromatic N) is 2. The highest BCUT2D eigenvalue weighted by Crippen LogP contribution is 2.30. The molecule has 0 saturated carbocycles. The second-order valence-electron chi connectivity index (χ2n) is 7.18. The summed E-state index contributed by atoms with van der Waals surface area (Å²) in [5.74, 6) is -1.50. The van der Waals surface area contributed by atoms with Crippen molar-refractivity contribution in [2.45, 2.75) is 20.3 Å². The molecule has 0 aliphatic carbocycles. The lowest BCUT2D eigenvalue weighted by Crippen LogP contribution is -2.28. The van der Waals surface area contributed by atoms with E-state index in [1.165, 1.54) is 11.0 Å². The predicted octanol–water partition coefficient (Wildman–Crippen LogP) is 3.98. The largest absolute Gasteiger partial charge is 0.325 e. The molecule has 1 aliphatic heterocycles. The summed E-state index contributed by atoms with van der Waals surface area (Å²) >= 11 is 0. The van der Waals surface area contributed by atoms with E-state index in [1.807, 2.05) is 31.2 Å². The molecule has 1 saturated heterocycles. The SMILES string of the molecule is Cc1ccc(N2CC(C(=O)Nc3ccc(C)c4ncccc34)CC2=O)c(F)c1. The van der Waals surface area contributed by atoms with Gasteiger partial charge in [-0.3, -0.25) is 14.6 Å². The molecule has 0 spiro atoms. The lowest BCUT2D eigenvalue weighted by Gasteiger charge is -2.18. The van der Waals surface area contributed by atoms with Gasteiger partial charge in [0.25, 0.3) is 0 Å². The first-order valence-electron chi connectivity index (χ1n) is 9.16. The Labute approximate surface area is 162 Å². The van der Waals surface area contributed by atoms with Gasteiger partial charge in [0.05, 0.1) is 22.8 Å². The molecule has 6 heteroatoms. The van der Waals surface area contributed by atoms with Gasteiger partial charge in [0, 0.05) is 24.5 Å². The molecule has 1 aromatic heterocycles. The Hall–Kier alpha value is -3.28. The third kappa shape index (κ3) is 3.22. The quantitative estimate of drug-likeness (QED) is 0.751. The molecule has 142 valence electrons. The number of pyridine rings is 1.